The van der Waals surface area contributed by atoms with Crippen LogP contribution in [0.1, 0.15) is 5.56 Å². The monoisotopic (exact) mass is 227 g/mol. The molecule has 1 nitrogen and oxygen atoms in total. The molecule has 0 radical (unpaired) electrons. The lowest BCUT2D eigenvalue weighted by molar-refractivity contribution is 1.50. The Hall–Kier alpha value is -0.560. The molecule has 0 bridgehead atoms. The summed E-state index contributed by atoms with van der Waals surface area (Å²) < 4.78 is 0.734. The molecule has 66 valence electrons. The maximum absolute atomic E-state index is 8.35. The standard InChI is InChI=1S/C9H6ClNS2/c10-8-3-1-7(2-4-8)9(12)13-6-5-11/h1-4H,6H2. The van der Waals surface area contributed by atoms with Crippen molar-refractivity contribution in [2.75, 3.05) is 5.75 Å². The molecule has 0 saturated carbocycles. The molecule has 0 unspecified atom stereocenters. The van der Waals surface area contributed by atoms with Gasteiger partial charge in [-0.2, -0.15) is 5.26 Å². The smallest absolute Gasteiger partial charge is 0.0863 e. The summed E-state index contributed by atoms with van der Waals surface area (Å²) in [4.78, 5) is 0. The molecule has 0 spiro atoms. The molecule has 0 aliphatic heterocycles. The number of benzene rings is 1. The van der Waals surface area contributed by atoms with E-state index in [2.05, 4.69) is 0 Å². The van der Waals surface area contributed by atoms with Crippen molar-refractivity contribution in [1.29, 1.82) is 5.26 Å². The fraction of sp³-hybridized carbons (Fsp3) is 0.111. The Morgan fingerprint density at radius 2 is 2.08 bits per heavy atom. The molecular weight excluding hydrogens is 222 g/mol. The van der Waals surface area contributed by atoms with Gasteiger partial charge in [-0.3, -0.25) is 0 Å². The molecule has 0 amide bonds. The molecule has 1 aromatic rings. The molecule has 0 aromatic heterocycles. The quantitative estimate of drug-likeness (QED) is 0.725. The summed E-state index contributed by atoms with van der Waals surface area (Å²) >= 11 is 12.2. The number of hydrogen-bond donors (Lipinski definition) is 0. The van der Waals surface area contributed by atoms with Crippen LogP contribution in [0.3, 0.4) is 0 Å². The van der Waals surface area contributed by atoms with E-state index in [9.17, 15) is 0 Å². The highest BCUT2D eigenvalue weighted by Crippen LogP contribution is 2.16. The van der Waals surface area contributed by atoms with Gasteiger partial charge >= 0.3 is 0 Å². The number of halogens is 1. The predicted octanol–water partition coefficient (Wildman–Crippen LogP) is 3.27. The van der Waals surface area contributed by atoms with Gasteiger partial charge in [0.25, 0.3) is 0 Å². The maximum atomic E-state index is 8.35. The van der Waals surface area contributed by atoms with Crippen LogP contribution >= 0.6 is 35.6 Å². The van der Waals surface area contributed by atoms with Crippen LogP contribution < -0.4 is 0 Å². The first-order chi connectivity index (χ1) is 6.24. The normalized spacial score (nSPS) is 9.23. The summed E-state index contributed by atoms with van der Waals surface area (Å²) in [5, 5.41) is 9.05. The van der Waals surface area contributed by atoms with E-state index in [1.165, 1.54) is 11.8 Å². The second-order valence-corrected chi connectivity index (χ2v) is 4.33. The third-order valence-electron chi connectivity index (χ3n) is 1.35. The Bertz CT molecular complexity index is 340. The van der Waals surface area contributed by atoms with E-state index in [1.54, 1.807) is 12.1 Å². The summed E-state index contributed by atoms with van der Waals surface area (Å²) in [5.74, 6) is 0.390. The van der Waals surface area contributed by atoms with Crippen molar-refractivity contribution in [1.82, 2.24) is 0 Å². The lowest BCUT2D eigenvalue weighted by Gasteiger charge is -1.99. The summed E-state index contributed by atoms with van der Waals surface area (Å²) in [6.07, 6.45) is 0. The summed E-state index contributed by atoms with van der Waals surface area (Å²) in [5.41, 5.74) is 0.944. The number of nitrogens with zero attached hydrogens (tertiary/aromatic N) is 1. The highest BCUT2D eigenvalue weighted by Gasteiger charge is 2.00. The van der Waals surface area contributed by atoms with Gasteiger partial charge in [-0.15, -0.1) is 0 Å². The van der Waals surface area contributed by atoms with E-state index < -0.39 is 0 Å². The Balaban J connectivity index is 2.68. The molecule has 13 heavy (non-hydrogen) atoms. The van der Waals surface area contributed by atoms with Crippen molar-refractivity contribution in [3.05, 3.63) is 34.9 Å². The van der Waals surface area contributed by atoms with Crippen molar-refractivity contribution < 1.29 is 0 Å². The van der Waals surface area contributed by atoms with E-state index in [0.717, 1.165) is 9.76 Å². The van der Waals surface area contributed by atoms with E-state index >= 15 is 0 Å². The van der Waals surface area contributed by atoms with Crippen molar-refractivity contribution in [3.8, 4) is 6.07 Å². The fourth-order valence-electron chi connectivity index (χ4n) is 0.767. The predicted molar refractivity (Wildman–Crippen MR) is 61.2 cm³/mol. The summed E-state index contributed by atoms with van der Waals surface area (Å²) in [7, 11) is 0. The number of hydrogen-bond acceptors (Lipinski definition) is 3. The fourth-order valence-corrected chi connectivity index (χ4v) is 1.70. The van der Waals surface area contributed by atoms with Gasteiger partial charge in [-0.1, -0.05) is 47.7 Å². The van der Waals surface area contributed by atoms with Crippen LogP contribution in [0.4, 0.5) is 0 Å². The molecule has 0 heterocycles. The third-order valence-corrected chi connectivity index (χ3v) is 2.96. The molecule has 0 atom stereocenters. The summed E-state index contributed by atoms with van der Waals surface area (Å²) in [6.45, 7) is 0. The van der Waals surface area contributed by atoms with Crippen LogP contribution in [0.15, 0.2) is 24.3 Å². The largest absolute Gasteiger partial charge is 0.197 e. The van der Waals surface area contributed by atoms with Crippen molar-refractivity contribution in [2.45, 2.75) is 0 Å². The molecule has 0 aliphatic rings. The lowest BCUT2D eigenvalue weighted by Crippen LogP contribution is -1.91. The van der Waals surface area contributed by atoms with E-state index in [0.29, 0.717) is 10.8 Å². The topological polar surface area (TPSA) is 23.8 Å². The van der Waals surface area contributed by atoms with E-state index in [4.69, 9.17) is 29.1 Å². The van der Waals surface area contributed by atoms with Crippen LogP contribution in [-0.2, 0) is 0 Å². The minimum absolute atomic E-state index is 0.390. The van der Waals surface area contributed by atoms with Crippen LogP contribution in [0.2, 0.25) is 5.02 Å². The Labute approximate surface area is 91.7 Å². The zero-order valence-corrected chi connectivity index (χ0v) is 9.05. The third kappa shape index (κ3) is 3.35. The van der Waals surface area contributed by atoms with Gasteiger partial charge in [0.1, 0.15) is 0 Å². The number of nitriles is 1. The number of thiocarbonyl (C=S) groups is 1. The average molecular weight is 228 g/mol. The second-order valence-electron chi connectivity index (χ2n) is 2.24. The summed E-state index contributed by atoms with van der Waals surface area (Å²) in [6, 6.07) is 9.32. The number of thioether (sulfide) groups is 1. The van der Waals surface area contributed by atoms with E-state index in [-0.39, 0.29) is 0 Å². The SMILES string of the molecule is N#CCSC(=S)c1ccc(Cl)cc1. The van der Waals surface area contributed by atoms with Gasteiger partial charge in [0.2, 0.25) is 0 Å². The second kappa shape index (κ2) is 5.23. The first kappa shape index (κ1) is 10.5. The maximum Gasteiger partial charge on any atom is 0.0863 e. The molecule has 1 rings (SSSR count). The Morgan fingerprint density at radius 3 is 2.62 bits per heavy atom. The average Bonchev–Trinajstić information content (AvgIpc) is 2.15. The van der Waals surface area contributed by atoms with Crippen LogP contribution in [-0.4, -0.2) is 9.95 Å². The van der Waals surface area contributed by atoms with Crippen molar-refractivity contribution in [3.63, 3.8) is 0 Å². The Morgan fingerprint density at radius 1 is 1.46 bits per heavy atom. The minimum Gasteiger partial charge on any atom is -0.197 e. The highest BCUT2D eigenvalue weighted by atomic mass is 35.5. The van der Waals surface area contributed by atoms with Gasteiger partial charge < -0.3 is 0 Å². The van der Waals surface area contributed by atoms with Gasteiger partial charge in [0, 0.05) is 5.02 Å². The van der Waals surface area contributed by atoms with Gasteiger partial charge in [-0.25, -0.2) is 0 Å². The minimum atomic E-state index is 0.390. The van der Waals surface area contributed by atoms with Gasteiger partial charge in [-0.05, 0) is 17.7 Å². The van der Waals surface area contributed by atoms with Crippen molar-refractivity contribution in [2.24, 2.45) is 0 Å². The molecular formula is C9H6ClNS2. The Kier molecular flexibility index (Phi) is 4.23. The van der Waals surface area contributed by atoms with Gasteiger partial charge in [0.15, 0.2) is 0 Å². The number of rotatable bonds is 2. The first-order valence-corrected chi connectivity index (χ1v) is 5.31. The highest BCUT2D eigenvalue weighted by molar-refractivity contribution is 8.23. The first-order valence-electron chi connectivity index (χ1n) is 3.53. The molecule has 1 aromatic carbocycles. The zero-order chi connectivity index (χ0) is 9.68. The molecule has 0 aliphatic carbocycles. The van der Waals surface area contributed by atoms with E-state index in [1.807, 2.05) is 18.2 Å². The van der Waals surface area contributed by atoms with Gasteiger partial charge in [0.05, 0.1) is 16.0 Å². The van der Waals surface area contributed by atoms with Crippen LogP contribution in [0.5, 0.6) is 0 Å². The zero-order valence-electron chi connectivity index (χ0n) is 6.66. The lowest BCUT2D eigenvalue weighted by atomic mass is 10.2. The molecule has 0 fully saturated rings. The van der Waals surface area contributed by atoms with Crippen LogP contribution in [0, 0.1) is 11.3 Å². The van der Waals surface area contributed by atoms with Crippen LogP contribution in [0.25, 0.3) is 0 Å². The molecule has 0 saturated heterocycles. The molecule has 4 heteroatoms. The van der Waals surface area contributed by atoms with Crippen molar-refractivity contribution >= 4 is 39.8 Å². The molecule has 0 N–H and O–H groups in total.